The molecule has 7 heteroatoms. The summed E-state index contributed by atoms with van der Waals surface area (Å²) in [5.74, 6) is 0.335. The van der Waals surface area contributed by atoms with Crippen molar-refractivity contribution >= 4 is 28.8 Å². The van der Waals surface area contributed by atoms with E-state index in [2.05, 4.69) is 29.9 Å². The maximum atomic E-state index is 12.4. The first-order valence-corrected chi connectivity index (χ1v) is 9.44. The number of nitriles is 1. The zero-order chi connectivity index (χ0) is 18.2. The molecule has 0 saturated carbocycles. The van der Waals surface area contributed by atoms with Crippen molar-refractivity contribution < 1.29 is 9.59 Å². The highest BCUT2D eigenvalue weighted by atomic mass is 32.1. The number of aldehydes is 1. The zero-order valence-corrected chi connectivity index (χ0v) is 15.3. The van der Waals surface area contributed by atoms with Crippen LogP contribution in [0, 0.1) is 17.2 Å². The second-order valence-corrected chi connectivity index (χ2v) is 7.26. The summed E-state index contributed by atoms with van der Waals surface area (Å²) in [6.45, 7) is 6.24. The van der Waals surface area contributed by atoms with E-state index in [1.807, 2.05) is 0 Å². The first kappa shape index (κ1) is 19.1. The van der Waals surface area contributed by atoms with Gasteiger partial charge in [0.15, 0.2) is 5.13 Å². The van der Waals surface area contributed by atoms with E-state index in [4.69, 9.17) is 0 Å². The number of hydrogen-bond donors (Lipinski definition) is 1. The number of amides is 2. The molecule has 2 unspecified atom stereocenters. The summed E-state index contributed by atoms with van der Waals surface area (Å²) in [5, 5.41) is 12.7. The fourth-order valence-electron chi connectivity index (χ4n) is 3.16. The Morgan fingerprint density at radius 3 is 3.04 bits per heavy atom. The van der Waals surface area contributed by atoms with Gasteiger partial charge in [0.1, 0.15) is 6.29 Å². The van der Waals surface area contributed by atoms with Crippen LogP contribution in [0.25, 0.3) is 0 Å². The van der Waals surface area contributed by atoms with Crippen LogP contribution in [0.4, 0.5) is 9.93 Å². The fourth-order valence-corrected chi connectivity index (χ4v) is 4.20. The molecule has 0 aromatic carbocycles. The van der Waals surface area contributed by atoms with Gasteiger partial charge in [0.25, 0.3) is 0 Å². The van der Waals surface area contributed by atoms with Crippen molar-refractivity contribution in [1.29, 1.82) is 5.26 Å². The SMILES string of the molecule is C=CCCN(CC=O)C(=O)Nc1nc2c(s1)C(C#N)CC(CCC)C2. The van der Waals surface area contributed by atoms with Crippen LogP contribution in [0.5, 0.6) is 0 Å². The number of anilines is 1. The van der Waals surface area contributed by atoms with Gasteiger partial charge in [0.05, 0.1) is 24.2 Å². The molecule has 0 spiro atoms. The Bertz CT molecular complexity index is 665. The topological polar surface area (TPSA) is 86.1 Å². The van der Waals surface area contributed by atoms with Crippen LogP contribution < -0.4 is 5.32 Å². The lowest BCUT2D eigenvalue weighted by Crippen LogP contribution is -2.36. The molecule has 0 aliphatic heterocycles. The summed E-state index contributed by atoms with van der Waals surface area (Å²) < 4.78 is 0. The molecule has 0 bridgehead atoms. The molecule has 1 aromatic rings. The molecule has 1 aliphatic carbocycles. The van der Waals surface area contributed by atoms with E-state index in [1.54, 1.807) is 6.08 Å². The third-order valence-corrected chi connectivity index (χ3v) is 5.47. The summed E-state index contributed by atoms with van der Waals surface area (Å²) >= 11 is 1.38. The Kier molecular flexibility index (Phi) is 7.14. The van der Waals surface area contributed by atoms with Gasteiger partial charge in [-0.05, 0) is 25.2 Å². The summed E-state index contributed by atoms with van der Waals surface area (Å²) in [5.41, 5.74) is 0.935. The second kappa shape index (κ2) is 9.33. The number of hydrogen-bond acceptors (Lipinski definition) is 5. The Labute approximate surface area is 152 Å². The first-order valence-electron chi connectivity index (χ1n) is 8.62. The fraction of sp³-hybridized carbons (Fsp3) is 0.556. The van der Waals surface area contributed by atoms with E-state index in [-0.39, 0.29) is 18.5 Å². The number of nitrogens with zero attached hydrogens (tertiary/aromatic N) is 3. The maximum absolute atomic E-state index is 12.4. The summed E-state index contributed by atoms with van der Waals surface area (Å²) in [7, 11) is 0. The minimum atomic E-state index is -0.348. The summed E-state index contributed by atoms with van der Waals surface area (Å²) in [6, 6.07) is 2.03. The van der Waals surface area contributed by atoms with Crippen molar-refractivity contribution in [2.24, 2.45) is 5.92 Å². The molecule has 1 heterocycles. The average Bonchev–Trinajstić information content (AvgIpc) is 3.00. The minimum absolute atomic E-state index is 0.0319. The van der Waals surface area contributed by atoms with Gasteiger partial charge in [-0.3, -0.25) is 5.32 Å². The van der Waals surface area contributed by atoms with Crippen LogP contribution in [0.2, 0.25) is 0 Å². The van der Waals surface area contributed by atoms with Gasteiger partial charge in [-0.15, -0.1) is 6.58 Å². The monoisotopic (exact) mass is 360 g/mol. The highest BCUT2D eigenvalue weighted by molar-refractivity contribution is 7.16. The third-order valence-electron chi connectivity index (χ3n) is 4.35. The zero-order valence-electron chi connectivity index (χ0n) is 14.5. The van der Waals surface area contributed by atoms with E-state index < -0.39 is 0 Å². The van der Waals surface area contributed by atoms with Crippen molar-refractivity contribution in [3.05, 3.63) is 23.2 Å². The average molecular weight is 360 g/mol. The largest absolute Gasteiger partial charge is 0.324 e. The third kappa shape index (κ3) is 4.89. The predicted molar refractivity (Wildman–Crippen MR) is 98.7 cm³/mol. The number of carbonyl (C=O) groups is 2. The van der Waals surface area contributed by atoms with Gasteiger partial charge in [0.2, 0.25) is 0 Å². The van der Waals surface area contributed by atoms with Gasteiger partial charge in [-0.2, -0.15) is 5.26 Å². The number of urea groups is 1. The molecule has 0 saturated heterocycles. The molecular formula is C18H24N4O2S. The van der Waals surface area contributed by atoms with Crippen molar-refractivity contribution in [2.45, 2.75) is 44.9 Å². The number of carbonyl (C=O) groups excluding carboxylic acids is 2. The molecular weight excluding hydrogens is 336 g/mol. The summed E-state index contributed by atoms with van der Waals surface area (Å²) in [4.78, 5) is 30.1. The van der Waals surface area contributed by atoms with Gasteiger partial charge < -0.3 is 9.69 Å². The smallest absolute Gasteiger partial charge is 0.317 e. The molecule has 1 aromatic heterocycles. The second-order valence-electron chi connectivity index (χ2n) is 6.23. The van der Waals surface area contributed by atoms with Crippen molar-refractivity contribution in [2.75, 3.05) is 18.4 Å². The lowest BCUT2D eigenvalue weighted by atomic mass is 9.82. The Morgan fingerprint density at radius 1 is 1.60 bits per heavy atom. The normalized spacial score (nSPS) is 18.7. The van der Waals surface area contributed by atoms with E-state index in [9.17, 15) is 14.9 Å². The Hall–Kier alpha value is -2.20. The molecule has 0 radical (unpaired) electrons. The number of rotatable bonds is 8. The van der Waals surface area contributed by atoms with E-state index in [0.29, 0.717) is 30.3 Å². The Balaban J connectivity index is 2.11. The molecule has 1 N–H and O–H groups in total. The van der Waals surface area contributed by atoms with Crippen LogP contribution >= 0.6 is 11.3 Å². The molecule has 25 heavy (non-hydrogen) atoms. The molecule has 0 fully saturated rings. The minimum Gasteiger partial charge on any atom is -0.317 e. The maximum Gasteiger partial charge on any atom is 0.324 e. The van der Waals surface area contributed by atoms with Crippen molar-refractivity contribution in [3.8, 4) is 6.07 Å². The van der Waals surface area contributed by atoms with Gasteiger partial charge in [0, 0.05) is 11.4 Å². The molecule has 1 aliphatic rings. The number of nitrogens with one attached hydrogen (secondary N) is 1. The standard InChI is InChI=1S/C18H24N4O2S/c1-3-5-7-22(8-9-23)18(24)21-17-20-15-11-13(6-4-2)10-14(12-19)16(15)25-17/h3,9,13-14H,1,4-8,10-11H2,2H3,(H,20,21,24). The highest BCUT2D eigenvalue weighted by Crippen LogP contribution is 2.41. The first-order chi connectivity index (χ1) is 12.1. The van der Waals surface area contributed by atoms with E-state index in [0.717, 1.165) is 36.3 Å². The molecule has 2 amide bonds. The molecule has 134 valence electrons. The number of thiazole rings is 1. The number of aromatic nitrogens is 1. The van der Waals surface area contributed by atoms with E-state index in [1.165, 1.54) is 16.2 Å². The lowest BCUT2D eigenvalue weighted by molar-refractivity contribution is -0.108. The highest BCUT2D eigenvalue weighted by Gasteiger charge is 2.30. The van der Waals surface area contributed by atoms with Gasteiger partial charge in [-0.1, -0.05) is 37.2 Å². The van der Waals surface area contributed by atoms with Gasteiger partial charge in [-0.25, -0.2) is 9.78 Å². The predicted octanol–water partition coefficient (Wildman–Crippen LogP) is 3.72. The van der Waals surface area contributed by atoms with Crippen LogP contribution in [0.15, 0.2) is 12.7 Å². The van der Waals surface area contributed by atoms with Crippen molar-refractivity contribution in [3.63, 3.8) is 0 Å². The summed E-state index contributed by atoms with van der Waals surface area (Å²) in [6.07, 6.45) is 6.94. The number of fused-ring (bicyclic) bond motifs is 1. The van der Waals surface area contributed by atoms with Crippen LogP contribution in [-0.2, 0) is 11.2 Å². The Morgan fingerprint density at radius 2 is 2.40 bits per heavy atom. The quantitative estimate of drug-likeness (QED) is 0.565. The molecule has 2 atom stereocenters. The van der Waals surface area contributed by atoms with Crippen LogP contribution in [0.1, 0.15) is 49.1 Å². The van der Waals surface area contributed by atoms with Crippen LogP contribution in [0.3, 0.4) is 0 Å². The van der Waals surface area contributed by atoms with Gasteiger partial charge >= 0.3 is 6.03 Å². The van der Waals surface area contributed by atoms with Crippen LogP contribution in [-0.4, -0.2) is 35.3 Å². The van der Waals surface area contributed by atoms with E-state index >= 15 is 0 Å². The van der Waals surface area contributed by atoms with Crippen molar-refractivity contribution in [1.82, 2.24) is 9.88 Å². The molecule has 6 nitrogen and oxygen atoms in total. The molecule has 2 rings (SSSR count). The lowest BCUT2D eigenvalue weighted by Gasteiger charge is -2.23.